The first-order valence-electron chi connectivity index (χ1n) is 6.39. The summed E-state index contributed by atoms with van der Waals surface area (Å²) in [7, 11) is 1.67. The number of amidine groups is 1. The van der Waals surface area contributed by atoms with E-state index in [0.29, 0.717) is 12.0 Å². The quantitative estimate of drug-likeness (QED) is 0.880. The Bertz CT molecular complexity index is 477. The largest absolute Gasteiger partial charge is 0.497 e. The Morgan fingerprint density at radius 2 is 2.26 bits per heavy atom. The Kier molecular flexibility index (Phi) is 5.16. The van der Waals surface area contributed by atoms with Crippen molar-refractivity contribution in [3.63, 3.8) is 0 Å². The number of methoxy groups -OCH3 is 1. The number of halogens is 1. The second-order valence-corrected chi connectivity index (χ2v) is 6.96. The third-order valence-electron chi connectivity index (χ3n) is 2.81. The van der Waals surface area contributed by atoms with Crippen molar-refractivity contribution >= 4 is 38.5 Å². The van der Waals surface area contributed by atoms with Crippen LogP contribution in [0.3, 0.4) is 0 Å². The Morgan fingerprint density at radius 1 is 1.47 bits per heavy atom. The summed E-state index contributed by atoms with van der Waals surface area (Å²) in [5.74, 6) is 2.60. The zero-order valence-corrected chi connectivity index (χ0v) is 13.8. The van der Waals surface area contributed by atoms with Gasteiger partial charge in [0.2, 0.25) is 0 Å². The van der Waals surface area contributed by atoms with Crippen LogP contribution in [0.1, 0.15) is 20.3 Å². The van der Waals surface area contributed by atoms with Crippen molar-refractivity contribution < 1.29 is 4.74 Å². The average Bonchev–Trinajstić information content (AvgIpc) is 2.74. The highest BCUT2D eigenvalue weighted by Crippen LogP contribution is 2.28. The molecule has 5 heteroatoms. The minimum Gasteiger partial charge on any atom is -0.497 e. The van der Waals surface area contributed by atoms with Gasteiger partial charge in [0.05, 0.1) is 13.2 Å². The predicted molar refractivity (Wildman–Crippen MR) is 87.5 cm³/mol. The van der Waals surface area contributed by atoms with Gasteiger partial charge in [-0.1, -0.05) is 41.5 Å². The first-order chi connectivity index (χ1) is 9.06. The molecule has 1 atom stereocenters. The number of aliphatic imine (C=N–C) groups is 1. The Balaban J connectivity index is 2.03. The van der Waals surface area contributed by atoms with Crippen molar-refractivity contribution in [2.45, 2.75) is 26.3 Å². The van der Waals surface area contributed by atoms with Crippen molar-refractivity contribution in [3.8, 4) is 5.75 Å². The fourth-order valence-electron chi connectivity index (χ4n) is 2.02. The molecule has 0 fully saturated rings. The van der Waals surface area contributed by atoms with Crippen LogP contribution in [0.25, 0.3) is 0 Å². The van der Waals surface area contributed by atoms with Gasteiger partial charge in [0, 0.05) is 22.0 Å². The van der Waals surface area contributed by atoms with E-state index in [1.165, 1.54) is 0 Å². The van der Waals surface area contributed by atoms with Crippen molar-refractivity contribution in [2.75, 3.05) is 18.2 Å². The summed E-state index contributed by atoms with van der Waals surface area (Å²) in [4.78, 5) is 4.72. The lowest BCUT2D eigenvalue weighted by atomic mass is 10.1. The minimum atomic E-state index is 0.446. The van der Waals surface area contributed by atoms with Crippen LogP contribution in [0, 0.1) is 5.92 Å². The standard InChI is InChI=1S/C14H19BrN2OS/c1-9(2)4-12-8-19-14(17-12)16-11-5-10(15)6-13(7-11)18-3/h5-7,9,12H,4,8H2,1-3H3,(H,16,17). The van der Waals surface area contributed by atoms with Crippen molar-refractivity contribution in [3.05, 3.63) is 22.7 Å². The summed E-state index contributed by atoms with van der Waals surface area (Å²) in [6, 6.07) is 6.39. The zero-order valence-electron chi connectivity index (χ0n) is 11.4. The monoisotopic (exact) mass is 342 g/mol. The summed E-state index contributed by atoms with van der Waals surface area (Å²) in [5.41, 5.74) is 1.00. The van der Waals surface area contributed by atoms with E-state index in [1.807, 2.05) is 18.2 Å². The predicted octanol–water partition coefficient (Wildman–Crippen LogP) is 4.39. The van der Waals surface area contributed by atoms with Crippen LogP contribution in [-0.4, -0.2) is 24.1 Å². The van der Waals surface area contributed by atoms with Gasteiger partial charge < -0.3 is 10.1 Å². The summed E-state index contributed by atoms with van der Waals surface area (Å²) < 4.78 is 6.25. The molecule has 3 nitrogen and oxygen atoms in total. The van der Waals surface area contributed by atoms with Gasteiger partial charge in [-0.05, 0) is 24.5 Å². The topological polar surface area (TPSA) is 33.6 Å². The summed E-state index contributed by atoms with van der Waals surface area (Å²) >= 11 is 5.27. The van der Waals surface area contributed by atoms with Gasteiger partial charge in [0.1, 0.15) is 5.75 Å². The lowest BCUT2D eigenvalue weighted by Gasteiger charge is -2.08. The molecular formula is C14H19BrN2OS. The van der Waals surface area contributed by atoms with Gasteiger partial charge in [-0.25, -0.2) is 0 Å². The van der Waals surface area contributed by atoms with E-state index < -0.39 is 0 Å². The molecule has 104 valence electrons. The van der Waals surface area contributed by atoms with Gasteiger partial charge in [-0.2, -0.15) is 0 Å². The van der Waals surface area contributed by atoms with E-state index in [0.717, 1.165) is 33.3 Å². The number of anilines is 1. The second-order valence-electron chi connectivity index (χ2n) is 5.03. The van der Waals surface area contributed by atoms with E-state index in [-0.39, 0.29) is 0 Å². The highest BCUT2D eigenvalue weighted by molar-refractivity contribution is 9.10. The van der Waals surface area contributed by atoms with Crippen LogP contribution >= 0.6 is 27.7 Å². The van der Waals surface area contributed by atoms with E-state index in [4.69, 9.17) is 9.73 Å². The summed E-state index contributed by atoms with van der Waals surface area (Å²) in [5, 5.41) is 4.37. The molecule has 1 aliphatic rings. The van der Waals surface area contributed by atoms with E-state index in [9.17, 15) is 0 Å². The lowest BCUT2D eigenvalue weighted by Crippen LogP contribution is -2.08. The molecule has 0 radical (unpaired) electrons. The minimum absolute atomic E-state index is 0.446. The first-order valence-corrected chi connectivity index (χ1v) is 8.17. The first kappa shape index (κ1) is 14.7. The highest BCUT2D eigenvalue weighted by Gasteiger charge is 2.19. The number of nitrogens with zero attached hydrogens (tertiary/aromatic N) is 1. The molecule has 0 aliphatic carbocycles. The van der Waals surface area contributed by atoms with Crippen molar-refractivity contribution in [1.29, 1.82) is 0 Å². The van der Waals surface area contributed by atoms with Crippen molar-refractivity contribution in [1.82, 2.24) is 0 Å². The molecule has 0 amide bonds. The molecule has 0 bridgehead atoms. The van der Waals surface area contributed by atoms with Gasteiger partial charge >= 0.3 is 0 Å². The molecule has 0 saturated heterocycles. The zero-order chi connectivity index (χ0) is 13.8. The van der Waals surface area contributed by atoms with Crippen LogP contribution in [0.4, 0.5) is 5.69 Å². The van der Waals surface area contributed by atoms with Crippen LogP contribution < -0.4 is 10.1 Å². The molecule has 0 aromatic heterocycles. The van der Waals surface area contributed by atoms with Gasteiger partial charge in [-0.3, -0.25) is 4.99 Å². The number of hydrogen-bond donors (Lipinski definition) is 1. The third-order valence-corrected chi connectivity index (χ3v) is 4.30. The highest BCUT2D eigenvalue weighted by atomic mass is 79.9. The van der Waals surface area contributed by atoms with E-state index in [1.54, 1.807) is 18.9 Å². The number of rotatable bonds is 4. The summed E-state index contributed by atoms with van der Waals surface area (Å²) in [6.45, 7) is 4.48. The smallest absolute Gasteiger partial charge is 0.161 e. The maximum Gasteiger partial charge on any atom is 0.161 e. The van der Waals surface area contributed by atoms with Crippen LogP contribution in [0.15, 0.2) is 27.7 Å². The van der Waals surface area contributed by atoms with E-state index in [2.05, 4.69) is 35.1 Å². The number of benzene rings is 1. The molecule has 1 heterocycles. The molecule has 19 heavy (non-hydrogen) atoms. The normalized spacial score (nSPS) is 18.6. The molecule has 1 unspecified atom stereocenters. The lowest BCUT2D eigenvalue weighted by molar-refractivity contribution is 0.415. The number of ether oxygens (including phenoxy) is 1. The average molecular weight is 343 g/mol. The van der Waals surface area contributed by atoms with Crippen LogP contribution in [-0.2, 0) is 0 Å². The molecule has 1 aliphatic heterocycles. The van der Waals surface area contributed by atoms with Gasteiger partial charge in [-0.15, -0.1) is 0 Å². The SMILES string of the molecule is COc1cc(Br)cc(NC2=NC(CC(C)C)CS2)c1. The maximum absolute atomic E-state index is 5.26. The van der Waals surface area contributed by atoms with Crippen molar-refractivity contribution in [2.24, 2.45) is 10.9 Å². The number of thioether (sulfide) groups is 1. The molecule has 1 aromatic rings. The third kappa shape index (κ3) is 4.42. The summed E-state index contributed by atoms with van der Waals surface area (Å²) in [6.07, 6.45) is 1.15. The molecule has 0 spiro atoms. The molecular weight excluding hydrogens is 324 g/mol. The Morgan fingerprint density at radius 3 is 2.95 bits per heavy atom. The molecule has 1 N–H and O–H groups in total. The van der Waals surface area contributed by atoms with E-state index >= 15 is 0 Å². The fourth-order valence-corrected chi connectivity index (χ4v) is 3.47. The van der Waals surface area contributed by atoms with Crippen LogP contribution in [0.2, 0.25) is 0 Å². The second kappa shape index (κ2) is 6.66. The maximum atomic E-state index is 5.26. The fraction of sp³-hybridized carbons (Fsp3) is 0.500. The van der Waals surface area contributed by atoms with Gasteiger partial charge in [0.15, 0.2) is 5.17 Å². The van der Waals surface area contributed by atoms with Crippen LogP contribution in [0.5, 0.6) is 5.75 Å². The number of nitrogens with one attached hydrogen (secondary N) is 1. The Labute approximate surface area is 127 Å². The molecule has 0 saturated carbocycles. The molecule has 2 rings (SSSR count). The molecule has 1 aromatic carbocycles. The number of hydrogen-bond acceptors (Lipinski definition) is 4. The van der Waals surface area contributed by atoms with Gasteiger partial charge in [0.25, 0.3) is 0 Å². The Hall–Kier alpha value is -0.680.